The van der Waals surface area contributed by atoms with Gasteiger partial charge in [0.15, 0.2) is 0 Å². The number of nitrogens with two attached hydrogens (primary N) is 1. The number of amides is 1. The van der Waals surface area contributed by atoms with Gasteiger partial charge in [0.1, 0.15) is 5.60 Å². The van der Waals surface area contributed by atoms with Crippen molar-refractivity contribution in [3.05, 3.63) is 0 Å². The molecule has 16 heavy (non-hydrogen) atoms. The molecule has 0 heterocycles. The molecule has 0 aromatic rings. The van der Waals surface area contributed by atoms with Gasteiger partial charge in [-0.1, -0.05) is 20.8 Å². The molecule has 0 aromatic carbocycles. The van der Waals surface area contributed by atoms with Crippen molar-refractivity contribution in [2.45, 2.75) is 53.6 Å². The molecule has 4 heteroatoms. The Kier molecular flexibility index (Phi) is 10.4. The van der Waals surface area contributed by atoms with Gasteiger partial charge >= 0.3 is 6.09 Å². The zero-order chi connectivity index (χ0) is 13.2. The Bertz CT molecular complexity index is 170. The minimum Gasteiger partial charge on any atom is -0.444 e. The summed E-state index contributed by atoms with van der Waals surface area (Å²) >= 11 is 0. The van der Waals surface area contributed by atoms with E-state index in [2.05, 4.69) is 0 Å². The maximum Gasteiger partial charge on any atom is 0.410 e. The van der Waals surface area contributed by atoms with Gasteiger partial charge in [-0.2, -0.15) is 0 Å². The lowest BCUT2D eigenvalue weighted by Crippen LogP contribution is -2.39. The van der Waals surface area contributed by atoms with E-state index in [1.807, 2.05) is 41.5 Å². The van der Waals surface area contributed by atoms with Crippen LogP contribution in [0.5, 0.6) is 0 Å². The normalized spacial score (nSPS) is 10.2. The topological polar surface area (TPSA) is 55.6 Å². The molecule has 98 valence electrons. The van der Waals surface area contributed by atoms with Crippen molar-refractivity contribution in [2.24, 2.45) is 5.73 Å². The summed E-state index contributed by atoms with van der Waals surface area (Å²) in [6, 6.07) is 0. The zero-order valence-electron chi connectivity index (χ0n) is 11.7. The first-order valence-corrected chi connectivity index (χ1v) is 6.08. The fraction of sp³-hybridized carbons (Fsp3) is 0.917. The maximum absolute atomic E-state index is 11.6. The van der Waals surface area contributed by atoms with Crippen molar-refractivity contribution in [2.75, 3.05) is 19.6 Å². The third-order valence-electron chi connectivity index (χ3n) is 1.54. The van der Waals surface area contributed by atoms with Crippen LogP contribution in [0.4, 0.5) is 4.79 Å². The zero-order valence-corrected chi connectivity index (χ0v) is 11.7. The molecule has 0 unspecified atom stereocenters. The highest BCUT2D eigenvalue weighted by atomic mass is 16.6. The standard InChI is InChI=1S/C10H22N2O2.C2H6/c1-5-7-12(8-6-11)9(13)14-10(2,3)4;1-2/h5-8,11H2,1-4H3;1-2H3. The van der Waals surface area contributed by atoms with Crippen LogP contribution in [0.2, 0.25) is 0 Å². The molecule has 0 aliphatic carbocycles. The van der Waals surface area contributed by atoms with Gasteiger partial charge in [0.2, 0.25) is 0 Å². The van der Waals surface area contributed by atoms with E-state index < -0.39 is 5.60 Å². The number of hydrogen-bond acceptors (Lipinski definition) is 3. The molecule has 0 spiro atoms. The highest BCUT2D eigenvalue weighted by Crippen LogP contribution is 2.09. The van der Waals surface area contributed by atoms with Crippen LogP contribution < -0.4 is 5.73 Å². The van der Waals surface area contributed by atoms with Crippen LogP contribution in [0.3, 0.4) is 0 Å². The number of hydrogen-bond donors (Lipinski definition) is 1. The van der Waals surface area contributed by atoms with Gasteiger partial charge in [-0.05, 0) is 27.2 Å². The van der Waals surface area contributed by atoms with E-state index in [0.717, 1.165) is 6.42 Å². The summed E-state index contributed by atoms with van der Waals surface area (Å²) in [6.07, 6.45) is 0.643. The predicted molar refractivity (Wildman–Crippen MR) is 68.5 cm³/mol. The first kappa shape index (κ1) is 17.6. The van der Waals surface area contributed by atoms with Crippen LogP contribution in [0.15, 0.2) is 0 Å². The lowest BCUT2D eigenvalue weighted by Gasteiger charge is -2.26. The summed E-state index contributed by atoms with van der Waals surface area (Å²) in [5.41, 5.74) is 4.98. The minimum atomic E-state index is -0.433. The van der Waals surface area contributed by atoms with E-state index >= 15 is 0 Å². The average molecular weight is 232 g/mol. The molecule has 0 aromatic heterocycles. The molecule has 1 amide bonds. The van der Waals surface area contributed by atoms with E-state index in [1.54, 1.807) is 4.90 Å². The fourth-order valence-corrected chi connectivity index (χ4v) is 1.05. The van der Waals surface area contributed by atoms with Crippen LogP contribution in [0.1, 0.15) is 48.0 Å². The second-order valence-electron chi connectivity index (χ2n) is 4.26. The minimum absolute atomic E-state index is 0.273. The van der Waals surface area contributed by atoms with E-state index in [9.17, 15) is 4.79 Å². The van der Waals surface area contributed by atoms with Crippen LogP contribution in [0.25, 0.3) is 0 Å². The number of ether oxygens (including phenoxy) is 1. The van der Waals surface area contributed by atoms with Gasteiger partial charge in [0.25, 0.3) is 0 Å². The molecule has 0 radical (unpaired) electrons. The van der Waals surface area contributed by atoms with Crippen molar-refractivity contribution in [1.29, 1.82) is 0 Å². The summed E-state index contributed by atoms with van der Waals surface area (Å²) in [5.74, 6) is 0. The quantitative estimate of drug-likeness (QED) is 0.810. The van der Waals surface area contributed by atoms with Crippen molar-refractivity contribution in [3.63, 3.8) is 0 Å². The predicted octanol–water partition coefficient (Wildman–Crippen LogP) is 2.62. The Morgan fingerprint density at radius 1 is 1.25 bits per heavy atom. The van der Waals surface area contributed by atoms with Crippen molar-refractivity contribution in [1.82, 2.24) is 4.90 Å². The van der Waals surface area contributed by atoms with Crippen LogP contribution in [-0.4, -0.2) is 36.2 Å². The van der Waals surface area contributed by atoms with Crippen LogP contribution >= 0.6 is 0 Å². The van der Waals surface area contributed by atoms with Crippen molar-refractivity contribution in [3.8, 4) is 0 Å². The molecule has 0 saturated carbocycles. The highest BCUT2D eigenvalue weighted by molar-refractivity contribution is 5.68. The van der Waals surface area contributed by atoms with Gasteiger partial charge in [0.05, 0.1) is 0 Å². The second-order valence-corrected chi connectivity index (χ2v) is 4.26. The van der Waals surface area contributed by atoms with E-state index in [1.165, 1.54) is 0 Å². The Hall–Kier alpha value is -0.770. The molecule has 4 nitrogen and oxygen atoms in total. The summed E-state index contributed by atoms with van der Waals surface area (Å²) < 4.78 is 5.24. The lowest BCUT2D eigenvalue weighted by molar-refractivity contribution is 0.0255. The molecule has 2 N–H and O–H groups in total. The van der Waals surface area contributed by atoms with Gasteiger partial charge in [-0.3, -0.25) is 0 Å². The number of carbonyl (C=O) groups excluding carboxylic acids is 1. The highest BCUT2D eigenvalue weighted by Gasteiger charge is 2.20. The summed E-state index contributed by atoms with van der Waals surface area (Å²) in [7, 11) is 0. The van der Waals surface area contributed by atoms with Crippen LogP contribution in [-0.2, 0) is 4.74 Å². The maximum atomic E-state index is 11.6. The number of carbonyl (C=O) groups is 1. The smallest absolute Gasteiger partial charge is 0.410 e. The second kappa shape index (κ2) is 9.46. The molecule has 0 rings (SSSR count). The Balaban J connectivity index is 0. The molecular weight excluding hydrogens is 204 g/mol. The Labute approximate surface area is 100 Å². The molecule has 0 saturated heterocycles. The summed E-state index contributed by atoms with van der Waals surface area (Å²) in [5, 5.41) is 0. The number of rotatable bonds is 4. The third kappa shape index (κ3) is 9.77. The largest absolute Gasteiger partial charge is 0.444 e. The van der Waals surface area contributed by atoms with Crippen molar-refractivity contribution < 1.29 is 9.53 Å². The van der Waals surface area contributed by atoms with E-state index in [0.29, 0.717) is 19.6 Å². The fourth-order valence-electron chi connectivity index (χ4n) is 1.05. The molecular formula is C12H28N2O2. The molecule has 0 atom stereocenters. The SMILES string of the molecule is CC.CCCN(CCN)C(=O)OC(C)(C)C. The van der Waals surface area contributed by atoms with Gasteiger partial charge in [-0.25, -0.2) is 4.79 Å². The molecule has 0 aliphatic heterocycles. The third-order valence-corrected chi connectivity index (χ3v) is 1.54. The first-order valence-electron chi connectivity index (χ1n) is 6.08. The molecule has 0 aliphatic rings. The Morgan fingerprint density at radius 3 is 2.06 bits per heavy atom. The molecule has 0 fully saturated rings. The van der Waals surface area contributed by atoms with Gasteiger partial charge in [0, 0.05) is 19.6 Å². The van der Waals surface area contributed by atoms with Gasteiger partial charge < -0.3 is 15.4 Å². The average Bonchev–Trinajstić information content (AvgIpc) is 2.18. The van der Waals surface area contributed by atoms with Crippen LogP contribution in [0, 0.1) is 0 Å². The first-order chi connectivity index (χ1) is 7.40. The summed E-state index contributed by atoms with van der Waals surface area (Å²) in [4.78, 5) is 13.2. The van der Waals surface area contributed by atoms with E-state index in [-0.39, 0.29) is 6.09 Å². The van der Waals surface area contributed by atoms with E-state index in [4.69, 9.17) is 10.5 Å². The Morgan fingerprint density at radius 2 is 1.75 bits per heavy atom. The number of nitrogens with zero attached hydrogens (tertiary/aromatic N) is 1. The molecule has 0 bridgehead atoms. The summed E-state index contributed by atoms with van der Waals surface area (Å²) in [6.45, 7) is 13.3. The lowest BCUT2D eigenvalue weighted by atomic mass is 10.2. The monoisotopic (exact) mass is 232 g/mol. The van der Waals surface area contributed by atoms with Gasteiger partial charge in [-0.15, -0.1) is 0 Å². The van der Waals surface area contributed by atoms with Crippen molar-refractivity contribution >= 4 is 6.09 Å².